The highest BCUT2D eigenvalue weighted by molar-refractivity contribution is 5.89. The lowest BCUT2D eigenvalue weighted by Crippen LogP contribution is -2.27. The zero-order valence-corrected chi connectivity index (χ0v) is 10.5. The summed E-state index contributed by atoms with van der Waals surface area (Å²) in [7, 11) is 1.69. The van der Waals surface area contributed by atoms with Crippen LogP contribution in [-0.2, 0) is 18.4 Å². The predicted molar refractivity (Wildman–Crippen MR) is 67.9 cm³/mol. The monoisotopic (exact) mass is 274 g/mol. The molecule has 0 fully saturated rings. The van der Waals surface area contributed by atoms with Crippen LogP contribution in [0.25, 0.3) is 11.0 Å². The third-order valence-corrected chi connectivity index (χ3v) is 2.74. The number of nitrogens with one attached hydrogen (secondary N) is 1. The second-order valence-corrected chi connectivity index (χ2v) is 4.12. The van der Waals surface area contributed by atoms with Crippen LogP contribution in [-0.4, -0.2) is 30.4 Å². The first kappa shape index (κ1) is 12.1. The van der Waals surface area contributed by atoms with Gasteiger partial charge in [-0.2, -0.15) is 5.10 Å². The van der Waals surface area contributed by atoms with E-state index in [9.17, 15) is 9.59 Å². The summed E-state index contributed by atoms with van der Waals surface area (Å²) in [6, 6.07) is 1.50. The van der Waals surface area contributed by atoms with Crippen molar-refractivity contribution in [1.29, 1.82) is 0 Å². The fourth-order valence-electron chi connectivity index (χ4n) is 1.79. The van der Waals surface area contributed by atoms with Crippen molar-refractivity contribution in [2.45, 2.75) is 6.54 Å². The van der Waals surface area contributed by atoms with E-state index < -0.39 is 5.91 Å². The Morgan fingerprint density at radius 1 is 1.50 bits per heavy atom. The third-order valence-electron chi connectivity index (χ3n) is 2.74. The molecule has 3 heterocycles. The highest BCUT2D eigenvalue weighted by Crippen LogP contribution is 2.04. The summed E-state index contributed by atoms with van der Waals surface area (Å²) < 4.78 is 7.30. The van der Waals surface area contributed by atoms with E-state index in [1.165, 1.54) is 34.1 Å². The summed E-state index contributed by atoms with van der Waals surface area (Å²) in [5, 5.41) is 10.4. The van der Waals surface area contributed by atoms with E-state index in [-0.39, 0.29) is 12.1 Å². The molecule has 0 atom stereocenters. The summed E-state index contributed by atoms with van der Waals surface area (Å²) in [6.45, 7) is -0.163. The molecule has 0 saturated carbocycles. The van der Waals surface area contributed by atoms with E-state index in [1.54, 1.807) is 7.05 Å². The number of nitrogens with zero attached hydrogens (tertiary/aromatic N) is 5. The third kappa shape index (κ3) is 2.05. The second kappa shape index (κ2) is 4.61. The maximum absolute atomic E-state index is 12.1. The minimum absolute atomic E-state index is 0.163. The average molecular weight is 274 g/mol. The normalized spacial score (nSPS) is 10.8. The van der Waals surface area contributed by atoms with Crippen molar-refractivity contribution in [2.24, 2.45) is 7.05 Å². The Labute approximate surface area is 111 Å². The number of aryl methyl sites for hydroxylation is 1. The lowest BCUT2D eigenvalue weighted by molar-refractivity contribution is -0.116. The molecule has 0 bridgehead atoms. The summed E-state index contributed by atoms with van der Waals surface area (Å²) in [4.78, 5) is 28.0. The van der Waals surface area contributed by atoms with Crippen molar-refractivity contribution in [3.8, 4) is 0 Å². The fraction of sp³-hybridized carbons (Fsp3) is 0.182. The van der Waals surface area contributed by atoms with Crippen LogP contribution in [0.15, 0.2) is 34.2 Å². The first-order chi connectivity index (χ1) is 9.65. The molecule has 9 heteroatoms. The van der Waals surface area contributed by atoms with Crippen LogP contribution >= 0.6 is 0 Å². The van der Waals surface area contributed by atoms with E-state index in [4.69, 9.17) is 0 Å². The number of fused-ring (bicyclic) bond motifs is 1. The molecular formula is C11H10N6O3. The number of hydrogen-bond donors (Lipinski definition) is 1. The Kier molecular flexibility index (Phi) is 2.78. The number of hydrogen-bond acceptors (Lipinski definition) is 6. The molecule has 0 aromatic carbocycles. The Bertz CT molecular complexity index is 816. The van der Waals surface area contributed by atoms with Crippen LogP contribution in [0.2, 0.25) is 0 Å². The fourth-order valence-corrected chi connectivity index (χ4v) is 1.79. The topological polar surface area (TPSA) is 108 Å². The number of amides is 1. The largest absolute Gasteiger partial charge is 0.363 e. The van der Waals surface area contributed by atoms with E-state index in [0.29, 0.717) is 16.9 Å². The van der Waals surface area contributed by atoms with Crippen molar-refractivity contribution in [1.82, 2.24) is 24.5 Å². The highest BCUT2D eigenvalue weighted by Gasteiger charge is 2.11. The SMILES string of the molecule is Cn1ncc2c(=O)n(CC(=O)Nc3ccon3)cnc21. The van der Waals surface area contributed by atoms with Crippen molar-refractivity contribution in [2.75, 3.05) is 5.32 Å². The maximum atomic E-state index is 12.1. The van der Waals surface area contributed by atoms with Gasteiger partial charge in [0.15, 0.2) is 11.5 Å². The molecule has 0 saturated heterocycles. The van der Waals surface area contributed by atoms with Gasteiger partial charge < -0.3 is 9.84 Å². The summed E-state index contributed by atoms with van der Waals surface area (Å²) in [6.07, 6.45) is 4.08. The van der Waals surface area contributed by atoms with Gasteiger partial charge in [-0.3, -0.25) is 18.8 Å². The Morgan fingerprint density at radius 3 is 3.10 bits per heavy atom. The molecule has 0 spiro atoms. The number of aromatic nitrogens is 5. The number of rotatable bonds is 3. The van der Waals surface area contributed by atoms with Crippen LogP contribution in [0, 0.1) is 0 Å². The molecule has 1 N–H and O–H groups in total. The van der Waals surface area contributed by atoms with Gasteiger partial charge in [-0.1, -0.05) is 5.16 Å². The second-order valence-electron chi connectivity index (χ2n) is 4.12. The van der Waals surface area contributed by atoms with E-state index in [0.717, 1.165) is 0 Å². The predicted octanol–water partition coefficient (Wildman–Crippen LogP) is -0.243. The van der Waals surface area contributed by atoms with Gasteiger partial charge in [0.05, 0.1) is 6.20 Å². The first-order valence-corrected chi connectivity index (χ1v) is 5.72. The number of anilines is 1. The Morgan fingerprint density at radius 2 is 2.35 bits per heavy atom. The van der Waals surface area contributed by atoms with Gasteiger partial charge in [0.2, 0.25) is 5.91 Å². The molecular weight excluding hydrogens is 264 g/mol. The number of carbonyl (C=O) groups excluding carboxylic acids is 1. The van der Waals surface area contributed by atoms with Gasteiger partial charge in [-0.25, -0.2) is 4.98 Å². The molecule has 0 unspecified atom stereocenters. The first-order valence-electron chi connectivity index (χ1n) is 5.72. The molecule has 0 radical (unpaired) electrons. The van der Waals surface area contributed by atoms with E-state index in [2.05, 4.69) is 25.1 Å². The zero-order valence-electron chi connectivity index (χ0n) is 10.5. The lowest BCUT2D eigenvalue weighted by Gasteiger charge is -2.04. The molecule has 102 valence electrons. The maximum Gasteiger partial charge on any atom is 0.264 e. The van der Waals surface area contributed by atoms with Crippen molar-refractivity contribution in [3.63, 3.8) is 0 Å². The van der Waals surface area contributed by atoms with Gasteiger partial charge in [-0.15, -0.1) is 0 Å². The van der Waals surface area contributed by atoms with Crippen LogP contribution in [0.3, 0.4) is 0 Å². The van der Waals surface area contributed by atoms with Crippen molar-refractivity contribution in [3.05, 3.63) is 35.2 Å². The van der Waals surface area contributed by atoms with Crippen LogP contribution in [0.4, 0.5) is 5.82 Å². The summed E-state index contributed by atoms with van der Waals surface area (Å²) in [5.74, 6) is -0.107. The summed E-state index contributed by atoms with van der Waals surface area (Å²) in [5.41, 5.74) is 0.154. The minimum Gasteiger partial charge on any atom is -0.363 e. The van der Waals surface area contributed by atoms with Crippen LogP contribution in [0.5, 0.6) is 0 Å². The molecule has 3 aromatic heterocycles. The standard InChI is InChI=1S/C11H10N6O3/c1-16-10-7(4-13-16)11(19)17(6-12-10)5-9(18)14-8-2-3-20-15-8/h2-4,6H,5H2,1H3,(H,14,15,18). The van der Waals surface area contributed by atoms with Crippen molar-refractivity contribution < 1.29 is 9.32 Å². The van der Waals surface area contributed by atoms with Gasteiger partial charge in [0, 0.05) is 13.1 Å². The molecule has 0 aliphatic heterocycles. The molecule has 0 aliphatic carbocycles. The molecule has 0 aliphatic rings. The molecule has 20 heavy (non-hydrogen) atoms. The van der Waals surface area contributed by atoms with Gasteiger partial charge in [0.1, 0.15) is 24.5 Å². The molecule has 1 amide bonds. The van der Waals surface area contributed by atoms with Gasteiger partial charge in [-0.05, 0) is 0 Å². The van der Waals surface area contributed by atoms with Crippen molar-refractivity contribution >= 4 is 22.8 Å². The van der Waals surface area contributed by atoms with E-state index in [1.807, 2.05) is 0 Å². The van der Waals surface area contributed by atoms with Crippen LogP contribution in [0.1, 0.15) is 0 Å². The quantitative estimate of drug-likeness (QED) is 0.706. The Hall–Kier alpha value is -2.97. The van der Waals surface area contributed by atoms with E-state index >= 15 is 0 Å². The lowest BCUT2D eigenvalue weighted by atomic mass is 10.4. The molecule has 3 rings (SSSR count). The molecule has 3 aromatic rings. The number of carbonyl (C=O) groups is 1. The zero-order chi connectivity index (χ0) is 14.1. The minimum atomic E-state index is -0.397. The average Bonchev–Trinajstić information content (AvgIpc) is 3.04. The summed E-state index contributed by atoms with van der Waals surface area (Å²) >= 11 is 0. The van der Waals surface area contributed by atoms with Gasteiger partial charge in [0.25, 0.3) is 5.56 Å². The highest BCUT2D eigenvalue weighted by atomic mass is 16.5. The van der Waals surface area contributed by atoms with Gasteiger partial charge >= 0.3 is 0 Å². The molecule has 9 nitrogen and oxygen atoms in total. The Balaban J connectivity index is 1.86. The van der Waals surface area contributed by atoms with Crippen LogP contribution < -0.4 is 10.9 Å². The smallest absolute Gasteiger partial charge is 0.264 e.